The van der Waals surface area contributed by atoms with Crippen molar-refractivity contribution in [2.75, 3.05) is 13.1 Å². The Morgan fingerprint density at radius 1 is 1.10 bits per heavy atom. The topological polar surface area (TPSA) is 62.3 Å². The smallest absolute Gasteiger partial charge is 0.253 e. The van der Waals surface area contributed by atoms with E-state index in [1.165, 1.54) is 6.42 Å². The Hall–Kier alpha value is -1.91. The Morgan fingerprint density at radius 2 is 1.76 bits per heavy atom. The molecule has 2 fully saturated rings. The van der Waals surface area contributed by atoms with Gasteiger partial charge in [0, 0.05) is 43.0 Å². The summed E-state index contributed by atoms with van der Waals surface area (Å²) >= 11 is 0. The quantitative estimate of drug-likeness (QED) is 0.918. The lowest BCUT2D eigenvalue weighted by molar-refractivity contribution is -0.128. The fourth-order valence-electron chi connectivity index (χ4n) is 2.89. The van der Waals surface area contributed by atoms with E-state index in [1.54, 1.807) is 24.5 Å². The SMILES string of the molecule is O=C(NC1CCN(C(=O)c2ccncc2)CC1)C1CCC1. The van der Waals surface area contributed by atoms with Gasteiger partial charge >= 0.3 is 0 Å². The lowest BCUT2D eigenvalue weighted by Gasteiger charge is -2.34. The maximum absolute atomic E-state index is 12.3. The summed E-state index contributed by atoms with van der Waals surface area (Å²) in [5.41, 5.74) is 0.682. The van der Waals surface area contributed by atoms with Crippen LogP contribution in [0.5, 0.6) is 0 Å². The van der Waals surface area contributed by atoms with Crippen LogP contribution in [0.1, 0.15) is 42.5 Å². The predicted molar refractivity (Wildman–Crippen MR) is 78.6 cm³/mol. The second-order valence-corrected chi connectivity index (χ2v) is 5.94. The highest BCUT2D eigenvalue weighted by atomic mass is 16.2. The van der Waals surface area contributed by atoms with Crippen molar-refractivity contribution in [2.45, 2.75) is 38.1 Å². The van der Waals surface area contributed by atoms with Gasteiger partial charge in [0.2, 0.25) is 5.91 Å². The number of amides is 2. The van der Waals surface area contributed by atoms with Crippen LogP contribution in [0.2, 0.25) is 0 Å². The first-order valence-electron chi connectivity index (χ1n) is 7.74. The van der Waals surface area contributed by atoms with Gasteiger partial charge in [0.05, 0.1) is 0 Å². The van der Waals surface area contributed by atoms with Gasteiger partial charge in [0.25, 0.3) is 5.91 Å². The number of likely N-dealkylation sites (tertiary alicyclic amines) is 1. The van der Waals surface area contributed by atoms with Crippen LogP contribution in [-0.2, 0) is 4.79 Å². The van der Waals surface area contributed by atoms with E-state index in [0.29, 0.717) is 18.7 Å². The average Bonchev–Trinajstić information content (AvgIpc) is 2.46. The summed E-state index contributed by atoms with van der Waals surface area (Å²) in [5.74, 6) is 0.503. The second kappa shape index (κ2) is 6.24. The summed E-state index contributed by atoms with van der Waals surface area (Å²) in [6.07, 6.45) is 8.20. The van der Waals surface area contributed by atoms with Crippen LogP contribution in [0.4, 0.5) is 0 Å². The molecule has 5 heteroatoms. The Bertz CT molecular complexity index is 506. The number of hydrogen-bond acceptors (Lipinski definition) is 3. The van der Waals surface area contributed by atoms with Gasteiger partial charge in [-0.2, -0.15) is 0 Å². The van der Waals surface area contributed by atoms with Crippen molar-refractivity contribution in [2.24, 2.45) is 5.92 Å². The molecule has 0 spiro atoms. The van der Waals surface area contributed by atoms with Gasteiger partial charge in [0.1, 0.15) is 0 Å². The van der Waals surface area contributed by atoms with Crippen molar-refractivity contribution in [1.29, 1.82) is 0 Å². The van der Waals surface area contributed by atoms with Crippen molar-refractivity contribution >= 4 is 11.8 Å². The molecule has 0 radical (unpaired) electrons. The minimum Gasteiger partial charge on any atom is -0.353 e. The Kier molecular flexibility index (Phi) is 4.18. The third-order valence-corrected chi connectivity index (χ3v) is 4.53. The Balaban J connectivity index is 1.48. The highest BCUT2D eigenvalue weighted by molar-refractivity contribution is 5.94. The van der Waals surface area contributed by atoms with Crippen LogP contribution < -0.4 is 5.32 Å². The molecule has 0 unspecified atom stereocenters. The van der Waals surface area contributed by atoms with Crippen molar-refractivity contribution in [1.82, 2.24) is 15.2 Å². The minimum atomic E-state index is 0.0566. The third kappa shape index (κ3) is 3.23. The number of nitrogens with one attached hydrogen (secondary N) is 1. The molecule has 1 saturated heterocycles. The lowest BCUT2D eigenvalue weighted by atomic mass is 9.84. The third-order valence-electron chi connectivity index (χ3n) is 4.53. The van der Waals surface area contributed by atoms with E-state index in [2.05, 4.69) is 10.3 Å². The van der Waals surface area contributed by atoms with Crippen LogP contribution in [-0.4, -0.2) is 40.8 Å². The number of rotatable bonds is 3. The average molecular weight is 287 g/mol. The summed E-state index contributed by atoms with van der Waals surface area (Å²) in [7, 11) is 0. The number of carbonyl (C=O) groups is 2. The maximum Gasteiger partial charge on any atom is 0.253 e. The summed E-state index contributed by atoms with van der Waals surface area (Å²) in [4.78, 5) is 30.0. The predicted octanol–water partition coefficient (Wildman–Crippen LogP) is 1.60. The Labute approximate surface area is 124 Å². The molecule has 0 atom stereocenters. The molecule has 112 valence electrons. The minimum absolute atomic E-state index is 0.0566. The largest absolute Gasteiger partial charge is 0.353 e. The van der Waals surface area contributed by atoms with Crippen LogP contribution in [0.3, 0.4) is 0 Å². The molecule has 2 amide bonds. The summed E-state index contributed by atoms with van der Waals surface area (Å²) < 4.78 is 0. The highest BCUT2D eigenvalue weighted by Crippen LogP contribution is 2.26. The van der Waals surface area contributed by atoms with Gasteiger partial charge in [-0.1, -0.05) is 6.42 Å². The molecule has 0 aromatic carbocycles. The number of nitrogens with zero attached hydrogens (tertiary/aromatic N) is 2. The van der Waals surface area contributed by atoms with Crippen molar-refractivity contribution in [3.05, 3.63) is 30.1 Å². The first kappa shape index (κ1) is 14.0. The molecule has 3 rings (SSSR count). The first-order chi connectivity index (χ1) is 10.2. The zero-order valence-electron chi connectivity index (χ0n) is 12.1. The van der Waals surface area contributed by atoms with Crippen molar-refractivity contribution in [3.63, 3.8) is 0 Å². The number of pyridine rings is 1. The zero-order chi connectivity index (χ0) is 14.7. The molecule has 21 heavy (non-hydrogen) atoms. The molecule has 5 nitrogen and oxygen atoms in total. The monoisotopic (exact) mass is 287 g/mol. The van der Waals surface area contributed by atoms with Gasteiger partial charge in [0.15, 0.2) is 0 Å². The van der Waals surface area contributed by atoms with Crippen LogP contribution in [0, 0.1) is 5.92 Å². The summed E-state index contributed by atoms with van der Waals surface area (Å²) in [6, 6.07) is 3.71. The molecular weight excluding hydrogens is 266 g/mol. The first-order valence-corrected chi connectivity index (χ1v) is 7.74. The fourth-order valence-corrected chi connectivity index (χ4v) is 2.89. The molecule has 1 saturated carbocycles. The van der Waals surface area contributed by atoms with Crippen molar-refractivity contribution < 1.29 is 9.59 Å². The molecule has 0 bridgehead atoms. The number of carbonyl (C=O) groups excluding carboxylic acids is 2. The molecule has 2 heterocycles. The number of piperidine rings is 1. The van der Waals surface area contributed by atoms with Crippen LogP contribution in [0.15, 0.2) is 24.5 Å². The zero-order valence-corrected chi connectivity index (χ0v) is 12.1. The van der Waals surface area contributed by atoms with E-state index in [4.69, 9.17) is 0 Å². The van der Waals surface area contributed by atoms with E-state index < -0.39 is 0 Å². The standard InChI is InChI=1S/C16H21N3O2/c20-15(12-2-1-3-12)18-14-6-10-19(11-7-14)16(21)13-4-8-17-9-5-13/h4-5,8-9,12,14H,1-3,6-7,10-11H2,(H,18,20). The Morgan fingerprint density at radius 3 is 2.33 bits per heavy atom. The lowest BCUT2D eigenvalue weighted by Crippen LogP contribution is -2.48. The van der Waals surface area contributed by atoms with E-state index in [-0.39, 0.29) is 23.8 Å². The summed E-state index contributed by atoms with van der Waals surface area (Å²) in [6.45, 7) is 1.41. The van der Waals surface area contributed by atoms with Crippen LogP contribution >= 0.6 is 0 Å². The number of hydrogen-bond donors (Lipinski definition) is 1. The molecule has 1 aliphatic heterocycles. The van der Waals surface area contributed by atoms with E-state index in [1.807, 2.05) is 4.90 Å². The van der Waals surface area contributed by atoms with Gasteiger partial charge in [-0.3, -0.25) is 14.6 Å². The van der Waals surface area contributed by atoms with E-state index in [0.717, 1.165) is 25.7 Å². The van der Waals surface area contributed by atoms with E-state index in [9.17, 15) is 9.59 Å². The highest BCUT2D eigenvalue weighted by Gasteiger charge is 2.29. The molecule has 1 aromatic rings. The second-order valence-electron chi connectivity index (χ2n) is 5.94. The van der Waals surface area contributed by atoms with Crippen molar-refractivity contribution in [3.8, 4) is 0 Å². The van der Waals surface area contributed by atoms with Gasteiger partial charge in [-0.15, -0.1) is 0 Å². The molecule has 1 aromatic heterocycles. The molecule has 1 N–H and O–H groups in total. The van der Waals surface area contributed by atoms with Gasteiger partial charge in [-0.05, 0) is 37.8 Å². The normalized spacial score (nSPS) is 19.9. The van der Waals surface area contributed by atoms with Gasteiger partial charge in [-0.25, -0.2) is 0 Å². The molecule has 2 aliphatic rings. The van der Waals surface area contributed by atoms with E-state index >= 15 is 0 Å². The molecular formula is C16H21N3O2. The maximum atomic E-state index is 12.3. The van der Waals surface area contributed by atoms with Gasteiger partial charge < -0.3 is 10.2 Å². The summed E-state index contributed by atoms with van der Waals surface area (Å²) in [5, 5.41) is 3.13. The van der Waals surface area contributed by atoms with Crippen LogP contribution in [0.25, 0.3) is 0 Å². The fraction of sp³-hybridized carbons (Fsp3) is 0.562. The molecule has 1 aliphatic carbocycles. The number of aromatic nitrogens is 1.